The summed E-state index contributed by atoms with van der Waals surface area (Å²) in [4.78, 5) is 4.39. The van der Waals surface area contributed by atoms with Crippen LogP contribution in [0.3, 0.4) is 0 Å². The molecular weight excluding hydrogens is 478 g/mol. The van der Waals surface area contributed by atoms with E-state index < -0.39 is 8.24 Å². The van der Waals surface area contributed by atoms with Gasteiger partial charge in [-0.3, -0.25) is 0 Å². The molecule has 0 spiro atoms. The van der Waals surface area contributed by atoms with E-state index in [4.69, 9.17) is 4.74 Å². The van der Waals surface area contributed by atoms with Crippen LogP contribution in [0.5, 0.6) is 0 Å². The quantitative estimate of drug-likeness (QED) is 0.217. The maximum atomic E-state index is 5.98. The van der Waals surface area contributed by atoms with Gasteiger partial charge >= 0.3 is 0 Å². The van der Waals surface area contributed by atoms with Gasteiger partial charge in [-0.2, -0.15) is 0 Å². The largest absolute Gasteiger partial charge is 0.376 e. The zero-order valence-corrected chi connectivity index (χ0v) is 28.8. The minimum Gasteiger partial charge on any atom is -0.376 e. The highest BCUT2D eigenvalue weighted by Crippen LogP contribution is 2.60. The molecule has 0 bridgehead atoms. The van der Waals surface area contributed by atoms with E-state index in [0.717, 1.165) is 47.7 Å². The first-order valence-corrected chi connectivity index (χ1v) is 19.7. The highest BCUT2D eigenvalue weighted by molar-refractivity contribution is 6.78. The highest BCUT2D eigenvalue weighted by atomic mass is 28.3. The predicted octanol–water partition coefficient (Wildman–Crippen LogP) is 10.6. The van der Waals surface area contributed by atoms with Gasteiger partial charge in [0.2, 0.25) is 0 Å². The van der Waals surface area contributed by atoms with Crippen LogP contribution in [0, 0.1) is 40.9 Å². The van der Waals surface area contributed by atoms with E-state index in [2.05, 4.69) is 80.8 Å². The summed E-state index contributed by atoms with van der Waals surface area (Å²) in [7, 11) is -1.62. The topological polar surface area (TPSA) is 21.3 Å². The first-order chi connectivity index (χ1) is 17.5. The predicted molar refractivity (Wildman–Crippen MR) is 170 cm³/mol. The molecule has 224 valence electrons. The average molecular weight is 548 g/mol. The van der Waals surface area contributed by atoms with Crippen molar-refractivity contribution in [2.24, 2.45) is 40.9 Å². The summed E-state index contributed by atoms with van der Waals surface area (Å²) >= 11 is 0. The zero-order chi connectivity index (χ0) is 28.4. The molecule has 3 aliphatic rings. The van der Waals surface area contributed by atoms with Crippen molar-refractivity contribution in [1.82, 2.24) is 4.98 Å². The van der Waals surface area contributed by atoms with E-state index >= 15 is 0 Å². The molecule has 0 aromatic heterocycles. The molecule has 6 atom stereocenters. The van der Waals surface area contributed by atoms with Crippen molar-refractivity contribution in [3.63, 3.8) is 0 Å². The highest BCUT2D eigenvalue weighted by Gasteiger charge is 2.55. The molecule has 3 heteroatoms. The van der Waals surface area contributed by atoms with E-state index in [-0.39, 0.29) is 11.1 Å². The normalized spacial score (nSPS) is 34.7. The zero-order valence-electron chi connectivity index (χ0n) is 27.8. The molecule has 3 saturated carbocycles. The van der Waals surface area contributed by atoms with Gasteiger partial charge in [0.15, 0.2) is 0 Å². The number of rotatable bonds is 10. The lowest BCUT2D eigenvalue weighted by Gasteiger charge is -2.48. The van der Waals surface area contributed by atoms with Crippen molar-refractivity contribution in [2.75, 3.05) is 6.61 Å². The fourth-order valence-electron chi connectivity index (χ4n) is 9.72. The van der Waals surface area contributed by atoms with Crippen LogP contribution in [0.2, 0.25) is 18.1 Å². The smallest absolute Gasteiger partial charge is 0.126 e. The maximum absolute atomic E-state index is 5.98. The molecule has 38 heavy (non-hydrogen) atoms. The van der Waals surface area contributed by atoms with Crippen molar-refractivity contribution >= 4 is 8.24 Å². The monoisotopic (exact) mass is 548 g/mol. The molecule has 0 aliphatic heterocycles. The first-order valence-electron chi connectivity index (χ1n) is 16.9. The Balaban J connectivity index is 1.64. The Morgan fingerprint density at radius 3 is 1.92 bits per heavy atom. The Bertz CT molecular complexity index is 707. The molecule has 0 aromatic carbocycles. The molecule has 0 amide bonds. The molecule has 3 rings (SSSR count). The van der Waals surface area contributed by atoms with Gasteiger partial charge in [-0.05, 0) is 139 Å². The standard InChI is InChI=1S/C35H69NOSi/c1-26-25-31-29(27-19-21-28(22-20-27)33(2,3)4)17-16-18-30(31)32(26)38(11,36-34(5,6)7)24-15-13-12-14-23-37-35(8,9)10/h26-32,36H,12-25H2,1-11H3. The summed E-state index contributed by atoms with van der Waals surface area (Å²) in [6, 6.07) is 1.46. The fourth-order valence-corrected chi connectivity index (χ4v) is 15.8. The summed E-state index contributed by atoms with van der Waals surface area (Å²) < 4.78 is 5.98. The SMILES string of the molecule is CC1CC2C(C3CCC(C(C)(C)C)CC3)CCCC2C1[Si](C)(CCCCCCOC(C)(C)C)NC(C)(C)C. The molecule has 0 aromatic rings. The number of ether oxygens (including phenoxy) is 1. The number of hydrogen-bond donors (Lipinski definition) is 1. The van der Waals surface area contributed by atoms with E-state index in [9.17, 15) is 0 Å². The number of unbranched alkanes of at least 4 members (excludes halogenated alkanes) is 3. The van der Waals surface area contributed by atoms with Gasteiger partial charge in [-0.15, -0.1) is 0 Å². The fraction of sp³-hybridized carbons (Fsp3) is 1.00. The van der Waals surface area contributed by atoms with Crippen LogP contribution in [0.1, 0.15) is 146 Å². The Morgan fingerprint density at radius 1 is 0.737 bits per heavy atom. The van der Waals surface area contributed by atoms with Gasteiger partial charge in [0.05, 0.1) is 5.60 Å². The molecule has 3 aliphatic carbocycles. The van der Waals surface area contributed by atoms with Crippen LogP contribution in [0.15, 0.2) is 0 Å². The van der Waals surface area contributed by atoms with E-state index in [1.165, 1.54) is 83.1 Å². The average Bonchev–Trinajstić information content (AvgIpc) is 3.12. The first kappa shape index (κ1) is 32.6. The van der Waals surface area contributed by atoms with Gasteiger partial charge in [-0.1, -0.05) is 66.3 Å². The molecule has 2 nitrogen and oxygen atoms in total. The van der Waals surface area contributed by atoms with Gasteiger partial charge < -0.3 is 9.72 Å². The lowest BCUT2D eigenvalue weighted by atomic mass is 9.61. The number of fused-ring (bicyclic) bond motifs is 1. The van der Waals surface area contributed by atoms with Gasteiger partial charge in [0.1, 0.15) is 8.24 Å². The van der Waals surface area contributed by atoms with Crippen molar-refractivity contribution in [1.29, 1.82) is 0 Å². The molecule has 1 N–H and O–H groups in total. The maximum Gasteiger partial charge on any atom is 0.126 e. The molecule has 0 heterocycles. The lowest BCUT2D eigenvalue weighted by Crippen LogP contribution is -2.60. The van der Waals surface area contributed by atoms with Crippen molar-refractivity contribution in [3.05, 3.63) is 0 Å². The van der Waals surface area contributed by atoms with Crippen molar-refractivity contribution in [3.8, 4) is 0 Å². The van der Waals surface area contributed by atoms with Crippen LogP contribution in [0.25, 0.3) is 0 Å². The Hall–Kier alpha value is 0.137. The van der Waals surface area contributed by atoms with Crippen LogP contribution in [0.4, 0.5) is 0 Å². The minimum absolute atomic E-state index is 0.00104. The molecule has 0 radical (unpaired) electrons. The molecule has 0 saturated heterocycles. The molecule has 3 fully saturated rings. The summed E-state index contributed by atoms with van der Waals surface area (Å²) in [5.41, 5.74) is 1.68. The van der Waals surface area contributed by atoms with Gasteiger partial charge in [0, 0.05) is 12.1 Å². The Kier molecular flexibility index (Phi) is 11.1. The molecule has 6 unspecified atom stereocenters. The third-order valence-corrected chi connectivity index (χ3v) is 16.2. The third-order valence-electron chi connectivity index (χ3n) is 11.0. The van der Waals surface area contributed by atoms with Gasteiger partial charge in [-0.25, -0.2) is 0 Å². The van der Waals surface area contributed by atoms with E-state index in [0.29, 0.717) is 5.41 Å². The van der Waals surface area contributed by atoms with E-state index in [1.807, 2.05) is 0 Å². The summed E-state index contributed by atoms with van der Waals surface area (Å²) in [6.07, 6.45) is 17.4. The summed E-state index contributed by atoms with van der Waals surface area (Å²) in [5.74, 6) is 5.91. The number of hydrogen-bond acceptors (Lipinski definition) is 2. The Labute approximate surface area is 240 Å². The van der Waals surface area contributed by atoms with Crippen LogP contribution >= 0.6 is 0 Å². The summed E-state index contributed by atoms with van der Waals surface area (Å²) in [5, 5.41) is 0. The summed E-state index contributed by atoms with van der Waals surface area (Å²) in [6.45, 7) is 27.6. The lowest BCUT2D eigenvalue weighted by molar-refractivity contribution is -0.00471. The van der Waals surface area contributed by atoms with Gasteiger partial charge in [0.25, 0.3) is 0 Å². The van der Waals surface area contributed by atoms with E-state index in [1.54, 1.807) is 0 Å². The second kappa shape index (κ2) is 13.0. The van der Waals surface area contributed by atoms with Crippen LogP contribution in [-0.2, 0) is 4.74 Å². The van der Waals surface area contributed by atoms with Crippen LogP contribution < -0.4 is 4.98 Å². The van der Waals surface area contributed by atoms with Crippen LogP contribution in [-0.4, -0.2) is 26.0 Å². The van der Waals surface area contributed by atoms with Crippen molar-refractivity contribution < 1.29 is 4.74 Å². The van der Waals surface area contributed by atoms with Crippen molar-refractivity contribution in [2.45, 2.75) is 176 Å². The Morgan fingerprint density at radius 2 is 1.34 bits per heavy atom. The third kappa shape index (κ3) is 9.07. The minimum atomic E-state index is -1.62. The molecular formula is C35H69NOSi. The number of nitrogens with one attached hydrogen (secondary N) is 1. The second-order valence-corrected chi connectivity index (χ2v) is 21.8. The second-order valence-electron chi connectivity index (χ2n) is 17.6.